The van der Waals surface area contributed by atoms with Gasteiger partial charge in [-0.1, -0.05) is 30.3 Å². The van der Waals surface area contributed by atoms with Gasteiger partial charge in [0.25, 0.3) is 0 Å². The van der Waals surface area contributed by atoms with Gasteiger partial charge in [0, 0.05) is 18.7 Å². The summed E-state index contributed by atoms with van der Waals surface area (Å²) in [6.45, 7) is 3.57. The number of rotatable bonds is 5. The van der Waals surface area contributed by atoms with Crippen molar-refractivity contribution in [3.8, 4) is 5.75 Å². The van der Waals surface area contributed by atoms with Crippen LogP contribution in [0.5, 0.6) is 5.75 Å². The number of carbonyl (C=O) groups excluding carboxylic acids is 1. The summed E-state index contributed by atoms with van der Waals surface area (Å²) in [5, 5.41) is 6.19. The van der Waals surface area contributed by atoms with E-state index in [4.69, 9.17) is 4.74 Å². The average Bonchev–Trinajstić information content (AvgIpc) is 2.48. The Hall–Kier alpha value is -2.49. The van der Waals surface area contributed by atoms with Gasteiger partial charge in [0.05, 0.1) is 12.8 Å². The first-order valence-electron chi connectivity index (χ1n) is 6.87. The number of amides is 1. The van der Waals surface area contributed by atoms with Gasteiger partial charge < -0.3 is 15.4 Å². The highest BCUT2D eigenvalue weighted by Crippen LogP contribution is 2.31. The van der Waals surface area contributed by atoms with Gasteiger partial charge in [0.2, 0.25) is 5.91 Å². The molecule has 0 radical (unpaired) electrons. The number of carbonyl (C=O) groups is 1. The number of hydrogen-bond acceptors (Lipinski definition) is 3. The molecule has 0 aliphatic rings. The predicted octanol–water partition coefficient (Wildman–Crippen LogP) is 3.83. The first kappa shape index (κ1) is 14.9. The fourth-order valence-electron chi connectivity index (χ4n) is 2.16. The first-order valence-corrected chi connectivity index (χ1v) is 6.87. The summed E-state index contributed by atoms with van der Waals surface area (Å²) in [6.07, 6.45) is 0. The highest BCUT2D eigenvalue weighted by molar-refractivity contribution is 5.89. The molecule has 0 aliphatic carbocycles. The second-order valence-electron chi connectivity index (χ2n) is 4.87. The molecule has 2 N–H and O–H groups in total. The van der Waals surface area contributed by atoms with Crippen molar-refractivity contribution in [3.63, 3.8) is 0 Å². The van der Waals surface area contributed by atoms with Gasteiger partial charge in [-0.15, -0.1) is 0 Å². The van der Waals surface area contributed by atoms with E-state index in [2.05, 4.69) is 29.7 Å². The molecule has 0 spiro atoms. The molecule has 0 fully saturated rings. The van der Waals surface area contributed by atoms with Gasteiger partial charge in [-0.3, -0.25) is 4.79 Å². The Morgan fingerprint density at radius 2 is 1.86 bits per heavy atom. The summed E-state index contributed by atoms with van der Waals surface area (Å²) < 4.78 is 5.37. The molecule has 2 rings (SSSR count). The summed E-state index contributed by atoms with van der Waals surface area (Å²) in [6, 6.07) is 15.8. The van der Waals surface area contributed by atoms with Gasteiger partial charge in [0.1, 0.15) is 5.75 Å². The van der Waals surface area contributed by atoms with Crippen LogP contribution in [0.4, 0.5) is 11.4 Å². The molecule has 0 saturated heterocycles. The summed E-state index contributed by atoms with van der Waals surface area (Å²) in [7, 11) is 1.63. The zero-order valence-electron chi connectivity index (χ0n) is 12.5. The second-order valence-corrected chi connectivity index (χ2v) is 4.87. The van der Waals surface area contributed by atoms with Crippen LogP contribution in [0.15, 0.2) is 48.5 Å². The number of nitrogens with one attached hydrogen (secondary N) is 2. The minimum atomic E-state index is -0.0952. The van der Waals surface area contributed by atoms with E-state index >= 15 is 0 Å². The monoisotopic (exact) mass is 284 g/mol. The number of methoxy groups -OCH3 is 1. The van der Waals surface area contributed by atoms with E-state index in [-0.39, 0.29) is 11.9 Å². The van der Waals surface area contributed by atoms with Crippen LogP contribution in [0.2, 0.25) is 0 Å². The molecule has 1 unspecified atom stereocenters. The van der Waals surface area contributed by atoms with Crippen molar-refractivity contribution in [2.45, 2.75) is 19.9 Å². The summed E-state index contributed by atoms with van der Waals surface area (Å²) in [5.41, 5.74) is 2.77. The van der Waals surface area contributed by atoms with Gasteiger partial charge in [-0.2, -0.15) is 0 Å². The van der Waals surface area contributed by atoms with Crippen LogP contribution in [0, 0.1) is 0 Å². The van der Waals surface area contributed by atoms with Gasteiger partial charge in [0.15, 0.2) is 0 Å². The van der Waals surface area contributed by atoms with Crippen molar-refractivity contribution in [2.75, 3.05) is 17.7 Å². The van der Waals surface area contributed by atoms with E-state index in [1.807, 2.05) is 36.4 Å². The zero-order valence-corrected chi connectivity index (χ0v) is 12.5. The summed E-state index contributed by atoms with van der Waals surface area (Å²) >= 11 is 0. The normalized spacial score (nSPS) is 11.6. The Bertz CT molecular complexity index is 611. The SMILES string of the molecule is COc1ccc(NC(C)=O)cc1NC(C)c1ccccc1. The van der Waals surface area contributed by atoms with Crippen molar-refractivity contribution in [1.29, 1.82) is 0 Å². The smallest absolute Gasteiger partial charge is 0.221 e. The van der Waals surface area contributed by atoms with Gasteiger partial charge >= 0.3 is 0 Å². The molecule has 1 amide bonds. The van der Waals surface area contributed by atoms with Crippen molar-refractivity contribution in [3.05, 3.63) is 54.1 Å². The zero-order chi connectivity index (χ0) is 15.2. The topological polar surface area (TPSA) is 50.4 Å². The molecule has 0 saturated carbocycles. The van der Waals surface area contributed by atoms with Crippen LogP contribution < -0.4 is 15.4 Å². The van der Waals surface area contributed by atoms with E-state index < -0.39 is 0 Å². The van der Waals surface area contributed by atoms with E-state index in [0.717, 1.165) is 17.1 Å². The molecule has 2 aromatic carbocycles. The van der Waals surface area contributed by atoms with E-state index in [1.54, 1.807) is 7.11 Å². The third-order valence-electron chi connectivity index (χ3n) is 3.19. The van der Waals surface area contributed by atoms with E-state index in [1.165, 1.54) is 12.5 Å². The van der Waals surface area contributed by atoms with Crippen molar-refractivity contribution >= 4 is 17.3 Å². The van der Waals surface area contributed by atoms with E-state index in [9.17, 15) is 4.79 Å². The third kappa shape index (κ3) is 3.99. The van der Waals surface area contributed by atoms with Crippen LogP contribution in [0.3, 0.4) is 0 Å². The molecule has 4 nitrogen and oxygen atoms in total. The fraction of sp³-hybridized carbons (Fsp3) is 0.235. The average molecular weight is 284 g/mol. The molecule has 0 heterocycles. The molecular weight excluding hydrogens is 264 g/mol. The standard InChI is InChI=1S/C17H20N2O2/c1-12(14-7-5-4-6-8-14)18-16-11-15(19-13(2)20)9-10-17(16)21-3/h4-12,18H,1-3H3,(H,19,20). The third-order valence-corrected chi connectivity index (χ3v) is 3.19. The van der Waals surface area contributed by atoms with Crippen molar-refractivity contribution in [2.24, 2.45) is 0 Å². The maximum absolute atomic E-state index is 11.2. The fourth-order valence-corrected chi connectivity index (χ4v) is 2.16. The maximum Gasteiger partial charge on any atom is 0.221 e. The van der Waals surface area contributed by atoms with Crippen LogP contribution >= 0.6 is 0 Å². The van der Waals surface area contributed by atoms with Crippen LogP contribution in [-0.4, -0.2) is 13.0 Å². The highest BCUT2D eigenvalue weighted by atomic mass is 16.5. The Kier molecular flexibility index (Phi) is 4.82. The lowest BCUT2D eigenvalue weighted by molar-refractivity contribution is -0.114. The Labute approximate surface area is 125 Å². The molecule has 1 atom stereocenters. The molecule has 21 heavy (non-hydrogen) atoms. The quantitative estimate of drug-likeness (QED) is 0.877. The predicted molar refractivity (Wildman–Crippen MR) is 85.8 cm³/mol. The van der Waals surface area contributed by atoms with E-state index in [0.29, 0.717) is 0 Å². The molecule has 0 bridgehead atoms. The lowest BCUT2D eigenvalue weighted by Gasteiger charge is -2.19. The molecular formula is C17H20N2O2. The number of anilines is 2. The van der Waals surface area contributed by atoms with Crippen molar-refractivity contribution < 1.29 is 9.53 Å². The molecule has 0 aliphatic heterocycles. The minimum Gasteiger partial charge on any atom is -0.495 e. The van der Waals surface area contributed by atoms with Gasteiger partial charge in [-0.05, 0) is 30.7 Å². The minimum absolute atomic E-state index is 0.0952. The number of hydrogen-bond donors (Lipinski definition) is 2. The van der Waals surface area contributed by atoms with Crippen molar-refractivity contribution in [1.82, 2.24) is 0 Å². The summed E-state index contributed by atoms with van der Waals surface area (Å²) in [4.78, 5) is 11.2. The number of ether oxygens (including phenoxy) is 1. The lowest BCUT2D eigenvalue weighted by atomic mass is 10.1. The van der Waals surface area contributed by atoms with Crippen LogP contribution in [0.1, 0.15) is 25.5 Å². The first-order chi connectivity index (χ1) is 10.1. The second kappa shape index (κ2) is 6.79. The van der Waals surface area contributed by atoms with Gasteiger partial charge in [-0.25, -0.2) is 0 Å². The number of benzene rings is 2. The van der Waals surface area contributed by atoms with Crippen LogP contribution in [-0.2, 0) is 4.79 Å². The Balaban J connectivity index is 2.22. The Morgan fingerprint density at radius 3 is 2.48 bits per heavy atom. The largest absolute Gasteiger partial charge is 0.495 e. The maximum atomic E-state index is 11.2. The highest BCUT2D eigenvalue weighted by Gasteiger charge is 2.10. The van der Waals surface area contributed by atoms with Crippen LogP contribution in [0.25, 0.3) is 0 Å². The molecule has 0 aromatic heterocycles. The molecule has 110 valence electrons. The summed E-state index contributed by atoms with van der Waals surface area (Å²) in [5.74, 6) is 0.647. The molecule has 2 aromatic rings. The lowest BCUT2D eigenvalue weighted by Crippen LogP contribution is -2.09. The Morgan fingerprint density at radius 1 is 1.14 bits per heavy atom. The molecule has 4 heteroatoms.